The number of rotatable bonds is 5. The van der Waals surface area contributed by atoms with Gasteiger partial charge in [0.2, 0.25) is 0 Å². The van der Waals surface area contributed by atoms with Crippen LogP contribution < -0.4 is 0 Å². The molecule has 28 heavy (non-hydrogen) atoms. The Labute approximate surface area is 169 Å². The predicted molar refractivity (Wildman–Crippen MR) is 114 cm³/mol. The molecule has 1 spiro atoms. The van der Waals surface area contributed by atoms with Gasteiger partial charge in [0.15, 0.2) is 11.6 Å². The van der Waals surface area contributed by atoms with Gasteiger partial charge in [-0.1, -0.05) is 34.9 Å². The highest BCUT2D eigenvalue weighted by atomic mass is 16.7. The van der Waals surface area contributed by atoms with Gasteiger partial charge in [0, 0.05) is 18.8 Å². The highest BCUT2D eigenvalue weighted by molar-refractivity contribution is 5.96. The van der Waals surface area contributed by atoms with E-state index in [9.17, 15) is 4.79 Å². The molecule has 2 aliphatic heterocycles. The van der Waals surface area contributed by atoms with E-state index in [0.29, 0.717) is 12.8 Å². The average Bonchev–Trinajstić information content (AvgIpc) is 2.55. The van der Waals surface area contributed by atoms with Crippen LogP contribution in [0.3, 0.4) is 0 Å². The first-order valence-electron chi connectivity index (χ1n) is 10.4. The standard InChI is InChI=1S/C25H34O3/c1-16(2)8-7-9-17(3)10-21-11-18(4)14-25(27-21)15-20(6)22-13-23(26)19(5)12-24(22)28-25/h10,12,15,21-22,24H,1,4,7-9,11,13-14H2,2-3,5-6H3/b17-10+/t21-,22-,24-,25+/m0/s1. The second kappa shape index (κ2) is 8.34. The van der Waals surface area contributed by atoms with E-state index in [1.165, 1.54) is 16.7 Å². The average molecular weight is 383 g/mol. The van der Waals surface area contributed by atoms with Crippen LogP contribution in [0.15, 0.2) is 59.3 Å². The topological polar surface area (TPSA) is 35.5 Å². The summed E-state index contributed by atoms with van der Waals surface area (Å²) < 4.78 is 13.0. The van der Waals surface area contributed by atoms with Crippen LogP contribution in [0.2, 0.25) is 0 Å². The fourth-order valence-electron chi connectivity index (χ4n) is 4.55. The molecule has 0 N–H and O–H groups in total. The normalized spacial score (nSPS) is 33.4. The number of carbonyl (C=O) groups excluding carboxylic acids is 1. The van der Waals surface area contributed by atoms with Crippen molar-refractivity contribution in [2.24, 2.45) is 5.92 Å². The van der Waals surface area contributed by atoms with Gasteiger partial charge in [0.1, 0.15) is 0 Å². The van der Waals surface area contributed by atoms with Crippen molar-refractivity contribution in [1.82, 2.24) is 0 Å². The number of ether oxygens (including phenoxy) is 2. The molecular formula is C25H34O3. The molecule has 3 aliphatic rings. The summed E-state index contributed by atoms with van der Waals surface area (Å²) in [5.41, 5.74) is 5.70. The predicted octanol–water partition coefficient (Wildman–Crippen LogP) is 5.99. The van der Waals surface area contributed by atoms with Gasteiger partial charge in [-0.25, -0.2) is 0 Å². The summed E-state index contributed by atoms with van der Waals surface area (Å²) in [4.78, 5) is 12.1. The zero-order valence-corrected chi connectivity index (χ0v) is 17.8. The van der Waals surface area contributed by atoms with Gasteiger partial charge in [0.25, 0.3) is 0 Å². The second-order valence-corrected chi connectivity index (χ2v) is 8.98. The molecular weight excluding hydrogens is 348 g/mol. The maximum absolute atomic E-state index is 12.1. The molecule has 3 heteroatoms. The number of Topliss-reactive ketones (excluding diaryl/α,β-unsaturated/α-hetero) is 1. The lowest BCUT2D eigenvalue weighted by molar-refractivity contribution is -0.256. The molecule has 152 valence electrons. The quantitative estimate of drug-likeness (QED) is 0.548. The Morgan fingerprint density at radius 3 is 2.71 bits per heavy atom. The van der Waals surface area contributed by atoms with E-state index >= 15 is 0 Å². The molecule has 0 aromatic rings. The van der Waals surface area contributed by atoms with Crippen molar-refractivity contribution in [3.63, 3.8) is 0 Å². The molecule has 3 nitrogen and oxygen atoms in total. The number of ketones is 1. The molecule has 0 bridgehead atoms. The number of carbonyl (C=O) groups is 1. The lowest BCUT2D eigenvalue weighted by atomic mass is 9.78. The Hall–Kier alpha value is -1.71. The first-order chi connectivity index (χ1) is 13.2. The van der Waals surface area contributed by atoms with Crippen LogP contribution >= 0.6 is 0 Å². The molecule has 0 amide bonds. The Kier molecular flexibility index (Phi) is 6.26. The van der Waals surface area contributed by atoms with Crippen molar-refractivity contribution < 1.29 is 14.3 Å². The van der Waals surface area contributed by atoms with Crippen molar-refractivity contribution in [3.05, 3.63) is 59.3 Å². The van der Waals surface area contributed by atoms with E-state index in [1.807, 2.05) is 13.0 Å². The minimum Gasteiger partial charge on any atom is -0.338 e. The Morgan fingerprint density at radius 2 is 2.00 bits per heavy atom. The third-order valence-electron chi connectivity index (χ3n) is 6.01. The molecule has 0 unspecified atom stereocenters. The van der Waals surface area contributed by atoms with Crippen LogP contribution in [0, 0.1) is 5.92 Å². The van der Waals surface area contributed by atoms with E-state index in [-0.39, 0.29) is 23.9 Å². The maximum atomic E-state index is 12.1. The zero-order chi connectivity index (χ0) is 20.5. The summed E-state index contributed by atoms with van der Waals surface area (Å²) in [6.07, 6.45) is 11.4. The summed E-state index contributed by atoms with van der Waals surface area (Å²) in [6.45, 7) is 16.5. The molecule has 0 aromatic heterocycles. The van der Waals surface area contributed by atoms with Crippen molar-refractivity contribution in [2.75, 3.05) is 0 Å². The highest BCUT2D eigenvalue weighted by Gasteiger charge is 2.46. The fourth-order valence-corrected chi connectivity index (χ4v) is 4.55. The van der Waals surface area contributed by atoms with E-state index in [2.05, 4.69) is 46.1 Å². The molecule has 2 heterocycles. The van der Waals surface area contributed by atoms with Gasteiger partial charge in [-0.15, -0.1) is 6.58 Å². The van der Waals surface area contributed by atoms with Gasteiger partial charge >= 0.3 is 0 Å². The van der Waals surface area contributed by atoms with Crippen molar-refractivity contribution in [1.29, 1.82) is 0 Å². The SMILES string of the molecule is C=C(C)CCC/C(C)=C/[C@H]1CC(=C)C[C@@]2(C=C(C)[C@@H]3CC(=O)C(C)=C[C@@H]3O2)O1. The van der Waals surface area contributed by atoms with Crippen LogP contribution in [0.25, 0.3) is 0 Å². The molecule has 1 aliphatic carbocycles. The summed E-state index contributed by atoms with van der Waals surface area (Å²) in [5, 5.41) is 0. The van der Waals surface area contributed by atoms with Crippen molar-refractivity contribution in [3.8, 4) is 0 Å². The molecule has 0 radical (unpaired) electrons. The van der Waals surface area contributed by atoms with Crippen molar-refractivity contribution in [2.45, 2.75) is 84.2 Å². The zero-order valence-electron chi connectivity index (χ0n) is 17.8. The molecule has 0 aromatic carbocycles. The number of hydrogen-bond acceptors (Lipinski definition) is 3. The van der Waals surface area contributed by atoms with Crippen LogP contribution in [0.1, 0.15) is 66.2 Å². The summed E-state index contributed by atoms with van der Waals surface area (Å²) in [7, 11) is 0. The summed E-state index contributed by atoms with van der Waals surface area (Å²) in [6, 6.07) is 0. The van der Waals surface area contributed by atoms with Gasteiger partial charge in [-0.2, -0.15) is 0 Å². The molecule has 4 atom stereocenters. The molecule has 1 fully saturated rings. The minimum atomic E-state index is -0.767. The largest absolute Gasteiger partial charge is 0.338 e. The van der Waals surface area contributed by atoms with Gasteiger partial charge in [-0.3, -0.25) is 4.79 Å². The third-order valence-corrected chi connectivity index (χ3v) is 6.01. The Morgan fingerprint density at radius 1 is 1.25 bits per heavy atom. The van der Waals surface area contributed by atoms with E-state index in [4.69, 9.17) is 9.47 Å². The Balaban J connectivity index is 1.76. The number of fused-ring (bicyclic) bond motifs is 1. The van der Waals surface area contributed by atoms with E-state index in [0.717, 1.165) is 36.8 Å². The molecule has 3 rings (SSSR count). The van der Waals surface area contributed by atoms with Crippen LogP contribution in [-0.4, -0.2) is 23.8 Å². The smallest absolute Gasteiger partial charge is 0.193 e. The van der Waals surface area contributed by atoms with E-state index < -0.39 is 5.79 Å². The first kappa shape index (κ1) is 21.0. The van der Waals surface area contributed by atoms with E-state index in [1.54, 1.807) is 0 Å². The van der Waals surface area contributed by atoms with Crippen LogP contribution in [-0.2, 0) is 14.3 Å². The number of hydrogen-bond donors (Lipinski definition) is 0. The molecule has 0 saturated carbocycles. The van der Waals surface area contributed by atoms with Crippen LogP contribution in [0.5, 0.6) is 0 Å². The molecule has 1 saturated heterocycles. The first-order valence-corrected chi connectivity index (χ1v) is 10.4. The maximum Gasteiger partial charge on any atom is 0.193 e. The van der Waals surface area contributed by atoms with Gasteiger partial charge in [0.05, 0.1) is 12.2 Å². The highest BCUT2D eigenvalue weighted by Crippen LogP contribution is 2.44. The van der Waals surface area contributed by atoms with Crippen LogP contribution in [0.4, 0.5) is 0 Å². The Bertz CT molecular complexity index is 767. The summed E-state index contributed by atoms with van der Waals surface area (Å²) in [5.74, 6) is -0.427. The minimum absolute atomic E-state index is 0.0259. The second-order valence-electron chi connectivity index (χ2n) is 8.98. The number of allylic oxidation sites excluding steroid dienone is 3. The third kappa shape index (κ3) is 4.82. The van der Waals surface area contributed by atoms with Crippen molar-refractivity contribution >= 4 is 5.78 Å². The van der Waals surface area contributed by atoms with Gasteiger partial charge in [-0.05, 0) is 71.1 Å². The fraction of sp³-hybridized carbons (Fsp3) is 0.560. The lowest BCUT2D eigenvalue weighted by Gasteiger charge is -2.47. The lowest BCUT2D eigenvalue weighted by Crippen LogP contribution is -2.50. The summed E-state index contributed by atoms with van der Waals surface area (Å²) >= 11 is 0. The monoisotopic (exact) mass is 382 g/mol. The van der Waals surface area contributed by atoms with Gasteiger partial charge < -0.3 is 9.47 Å².